The lowest BCUT2D eigenvalue weighted by molar-refractivity contribution is 0.00246. The largest absolute Gasteiger partial charge is 0.382 e. The highest BCUT2D eigenvalue weighted by Crippen LogP contribution is 1.87. The summed E-state index contributed by atoms with van der Waals surface area (Å²) in [5.74, 6) is 0. The second-order valence-electron chi connectivity index (χ2n) is 3.93. The molecule has 1 unspecified atom stereocenters. The molecule has 0 saturated heterocycles. The quantitative estimate of drug-likeness (QED) is 0.467. The normalized spacial score (nSPS) is 12.3. The van der Waals surface area contributed by atoms with E-state index in [1.807, 2.05) is 0 Å². The highest BCUT2D eigenvalue weighted by atomic mass is 16.6. The molecule has 0 radical (unpaired) electrons. The number of ether oxygens (including phenoxy) is 4. The molecular formula is C13H26N2O4. The summed E-state index contributed by atoms with van der Waals surface area (Å²) in [6, 6.07) is 1.92. The monoisotopic (exact) mass is 274 g/mol. The zero-order valence-corrected chi connectivity index (χ0v) is 12.0. The Hall–Kier alpha value is -0.710. The van der Waals surface area contributed by atoms with Crippen LogP contribution >= 0.6 is 0 Å². The molecular weight excluding hydrogens is 248 g/mol. The predicted octanol–water partition coefficient (Wildman–Crippen LogP) is 0.574. The summed E-state index contributed by atoms with van der Waals surface area (Å²) in [6.45, 7) is 6.58. The average Bonchev–Trinajstić information content (AvgIpc) is 2.44. The summed E-state index contributed by atoms with van der Waals surface area (Å²) in [5, 5.41) is 11.9. The van der Waals surface area contributed by atoms with Gasteiger partial charge >= 0.3 is 0 Å². The fourth-order valence-corrected chi connectivity index (χ4v) is 1.24. The predicted molar refractivity (Wildman–Crippen MR) is 72.0 cm³/mol. The lowest BCUT2D eigenvalue weighted by Crippen LogP contribution is -2.33. The highest BCUT2D eigenvalue weighted by Gasteiger charge is 2.04. The van der Waals surface area contributed by atoms with E-state index < -0.39 is 0 Å². The first-order valence-electron chi connectivity index (χ1n) is 6.70. The molecule has 6 heteroatoms. The van der Waals surface area contributed by atoms with E-state index in [2.05, 4.69) is 18.3 Å². The van der Waals surface area contributed by atoms with Gasteiger partial charge in [0.15, 0.2) is 0 Å². The van der Waals surface area contributed by atoms with Gasteiger partial charge in [-0.2, -0.15) is 5.26 Å². The highest BCUT2D eigenvalue weighted by molar-refractivity contribution is 4.89. The zero-order valence-electron chi connectivity index (χ0n) is 12.0. The fourth-order valence-electron chi connectivity index (χ4n) is 1.24. The first kappa shape index (κ1) is 18.3. The van der Waals surface area contributed by atoms with E-state index in [1.165, 1.54) is 0 Å². The van der Waals surface area contributed by atoms with Crippen LogP contribution in [0.1, 0.15) is 13.3 Å². The van der Waals surface area contributed by atoms with Crippen molar-refractivity contribution in [3.63, 3.8) is 0 Å². The van der Waals surface area contributed by atoms with Crippen molar-refractivity contribution in [1.82, 2.24) is 5.32 Å². The third-order valence-corrected chi connectivity index (χ3v) is 2.26. The van der Waals surface area contributed by atoms with Crippen LogP contribution in [0, 0.1) is 11.3 Å². The number of hydrogen-bond donors (Lipinski definition) is 1. The maximum atomic E-state index is 8.85. The van der Waals surface area contributed by atoms with Crippen molar-refractivity contribution in [2.24, 2.45) is 0 Å². The molecule has 0 fully saturated rings. The molecule has 0 aliphatic rings. The van der Waals surface area contributed by atoms with Crippen LogP contribution in [0.15, 0.2) is 0 Å². The van der Waals surface area contributed by atoms with E-state index in [0.717, 1.165) is 13.0 Å². The van der Waals surface area contributed by atoms with Crippen molar-refractivity contribution in [2.45, 2.75) is 19.4 Å². The summed E-state index contributed by atoms with van der Waals surface area (Å²) >= 11 is 0. The number of nitrogens with one attached hydrogen (secondary N) is 1. The van der Waals surface area contributed by atoms with E-state index in [-0.39, 0.29) is 6.04 Å². The van der Waals surface area contributed by atoms with E-state index in [9.17, 15) is 0 Å². The van der Waals surface area contributed by atoms with Crippen LogP contribution in [0.2, 0.25) is 0 Å². The maximum absolute atomic E-state index is 8.85. The maximum Gasteiger partial charge on any atom is 0.119 e. The summed E-state index contributed by atoms with van der Waals surface area (Å²) in [5.41, 5.74) is 0. The van der Waals surface area contributed by atoms with Gasteiger partial charge in [-0.15, -0.1) is 0 Å². The van der Waals surface area contributed by atoms with Crippen LogP contribution in [0.25, 0.3) is 0 Å². The summed E-state index contributed by atoms with van der Waals surface area (Å²) in [6.07, 6.45) is 1.00. The molecule has 1 atom stereocenters. The van der Waals surface area contributed by atoms with Gasteiger partial charge in [0.1, 0.15) is 6.04 Å². The van der Waals surface area contributed by atoms with Gasteiger partial charge in [0.05, 0.1) is 52.3 Å². The molecule has 19 heavy (non-hydrogen) atoms. The SMILES string of the molecule is CCCNC(C#N)COCCOCCOCCOC. The van der Waals surface area contributed by atoms with Crippen LogP contribution in [0.4, 0.5) is 0 Å². The van der Waals surface area contributed by atoms with Gasteiger partial charge < -0.3 is 24.3 Å². The van der Waals surface area contributed by atoms with E-state index in [1.54, 1.807) is 7.11 Å². The van der Waals surface area contributed by atoms with Crippen molar-refractivity contribution >= 4 is 0 Å². The van der Waals surface area contributed by atoms with Crippen LogP contribution in [-0.2, 0) is 18.9 Å². The molecule has 0 bridgehead atoms. The van der Waals surface area contributed by atoms with Crippen molar-refractivity contribution in [1.29, 1.82) is 5.26 Å². The Labute approximate surface area is 116 Å². The molecule has 0 saturated carbocycles. The Morgan fingerprint density at radius 1 is 1.00 bits per heavy atom. The molecule has 0 spiro atoms. The lowest BCUT2D eigenvalue weighted by Gasteiger charge is -2.11. The molecule has 0 amide bonds. The molecule has 0 aromatic heterocycles. The third kappa shape index (κ3) is 13.5. The number of hydrogen-bond acceptors (Lipinski definition) is 6. The molecule has 0 rings (SSSR count). The molecule has 0 aliphatic carbocycles. The molecule has 6 nitrogen and oxygen atoms in total. The molecule has 0 aromatic rings. The van der Waals surface area contributed by atoms with E-state index in [0.29, 0.717) is 46.2 Å². The Kier molecular flexibility index (Phi) is 14.8. The second kappa shape index (κ2) is 15.3. The molecule has 0 aliphatic heterocycles. The Balaban J connectivity index is 3.19. The first-order valence-corrected chi connectivity index (χ1v) is 6.70. The lowest BCUT2D eigenvalue weighted by atomic mass is 10.3. The second-order valence-corrected chi connectivity index (χ2v) is 3.93. The summed E-state index contributed by atoms with van der Waals surface area (Å²) < 4.78 is 20.8. The van der Waals surface area contributed by atoms with Gasteiger partial charge in [-0.25, -0.2) is 0 Å². The van der Waals surface area contributed by atoms with E-state index in [4.69, 9.17) is 24.2 Å². The average molecular weight is 274 g/mol. The minimum absolute atomic E-state index is 0.239. The molecule has 0 aromatic carbocycles. The zero-order chi connectivity index (χ0) is 14.2. The third-order valence-electron chi connectivity index (χ3n) is 2.26. The Morgan fingerprint density at radius 2 is 1.58 bits per heavy atom. The Bertz CT molecular complexity index is 221. The number of rotatable bonds is 14. The standard InChI is InChI=1S/C13H26N2O4/c1-3-4-15-13(11-14)12-19-10-9-18-8-7-17-6-5-16-2/h13,15H,3-10,12H2,1-2H3. The smallest absolute Gasteiger partial charge is 0.119 e. The van der Waals surface area contributed by atoms with Crippen LogP contribution in [-0.4, -0.2) is 65.9 Å². The van der Waals surface area contributed by atoms with Crippen LogP contribution < -0.4 is 5.32 Å². The number of nitrogens with zero attached hydrogens (tertiary/aromatic N) is 1. The van der Waals surface area contributed by atoms with E-state index >= 15 is 0 Å². The van der Waals surface area contributed by atoms with Crippen molar-refractivity contribution in [3.05, 3.63) is 0 Å². The van der Waals surface area contributed by atoms with Gasteiger partial charge in [0.2, 0.25) is 0 Å². The van der Waals surface area contributed by atoms with Gasteiger partial charge in [0.25, 0.3) is 0 Å². The van der Waals surface area contributed by atoms with Crippen LogP contribution in [0.5, 0.6) is 0 Å². The molecule has 1 N–H and O–H groups in total. The fraction of sp³-hybridized carbons (Fsp3) is 0.923. The van der Waals surface area contributed by atoms with Gasteiger partial charge in [-0.05, 0) is 13.0 Å². The molecule has 112 valence electrons. The topological polar surface area (TPSA) is 72.7 Å². The number of nitriles is 1. The van der Waals surface area contributed by atoms with Crippen molar-refractivity contribution in [3.8, 4) is 6.07 Å². The van der Waals surface area contributed by atoms with Gasteiger partial charge in [0, 0.05) is 7.11 Å². The van der Waals surface area contributed by atoms with Crippen molar-refractivity contribution in [2.75, 3.05) is 59.9 Å². The van der Waals surface area contributed by atoms with Gasteiger partial charge in [-0.1, -0.05) is 6.92 Å². The van der Waals surface area contributed by atoms with Crippen molar-refractivity contribution < 1.29 is 18.9 Å². The number of methoxy groups -OCH3 is 1. The molecule has 0 heterocycles. The Morgan fingerprint density at radius 3 is 2.11 bits per heavy atom. The summed E-state index contributed by atoms with van der Waals surface area (Å²) in [7, 11) is 1.64. The summed E-state index contributed by atoms with van der Waals surface area (Å²) in [4.78, 5) is 0. The minimum atomic E-state index is -0.239. The minimum Gasteiger partial charge on any atom is -0.382 e. The van der Waals surface area contributed by atoms with Crippen LogP contribution in [0.3, 0.4) is 0 Å². The van der Waals surface area contributed by atoms with Gasteiger partial charge in [-0.3, -0.25) is 0 Å². The first-order chi connectivity index (χ1) is 9.35.